The number of aromatic nitrogens is 2. The second kappa shape index (κ2) is 11.6. The molecule has 0 atom stereocenters. The third-order valence-electron chi connectivity index (χ3n) is 4.60. The van der Waals surface area contributed by atoms with Gasteiger partial charge in [-0.3, -0.25) is 4.68 Å². The molecule has 0 radical (unpaired) electrons. The van der Waals surface area contributed by atoms with Gasteiger partial charge in [-0.25, -0.2) is 9.59 Å². The van der Waals surface area contributed by atoms with E-state index in [4.69, 9.17) is 24.9 Å². The van der Waals surface area contributed by atoms with Gasteiger partial charge in [-0.05, 0) is 51.4 Å². The van der Waals surface area contributed by atoms with Crippen molar-refractivity contribution in [2.24, 2.45) is 0 Å². The fourth-order valence-electron chi connectivity index (χ4n) is 3.08. The molecule has 0 bridgehead atoms. The van der Waals surface area contributed by atoms with E-state index in [0.29, 0.717) is 6.04 Å². The molecule has 7 nitrogen and oxygen atoms in total. The molecule has 1 saturated carbocycles. The van der Waals surface area contributed by atoms with Gasteiger partial charge in [0, 0.05) is 6.20 Å². The molecule has 1 aromatic heterocycles. The normalized spacial score (nSPS) is 14.8. The van der Waals surface area contributed by atoms with E-state index in [2.05, 4.69) is 35.7 Å². The minimum atomic E-state index is -1.82. The number of carbonyl (C=O) groups is 2. The predicted molar refractivity (Wildman–Crippen MR) is 95.7 cm³/mol. The summed E-state index contributed by atoms with van der Waals surface area (Å²) in [5.74, 6) is -3.65. The molecule has 2 rings (SSSR count). The second-order valence-electron chi connectivity index (χ2n) is 6.32. The van der Waals surface area contributed by atoms with Gasteiger partial charge in [0.2, 0.25) is 0 Å². The maximum absolute atomic E-state index is 9.10. The molecule has 0 saturated heterocycles. The first-order chi connectivity index (χ1) is 12.0. The zero-order valence-corrected chi connectivity index (χ0v) is 15.4. The van der Waals surface area contributed by atoms with Crippen molar-refractivity contribution in [1.82, 2.24) is 14.7 Å². The van der Waals surface area contributed by atoms with Gasteiger partial charge in [-0.2, -0.15) is 5.10 Å². The summed E-state index contributed by atoms with van der Waals surface area (Å²) in [6, 6.07) is 2.89. The Bertz CT molecular complexity index is 508. The molecule has 7 heteroatoms. The largest absolute Gasteiger partial charge is 0.473 e. The number of carboxylic acid groups (broad SMARTS) is 2. The summed E-state index contributed by atoms with van der Waals surface area (Å²) >= 11 is 0. The summed E-state index contributed by atoms with van der Waals surface area (Å²) in [7, 11) is 0. The SMILES string of the molecule is CCN(CC)CCCc1ccn(C2CCCCC2)n1.O=C(O)C(=O)O. The minimum absolute atomic E-state index is 0.672. The lowest BCUT2D eigenvalue weighted by Crippen LogP contribution is -2.24. The summed E-state index contributed by atoms with van der Waals surface area (Å²) in [6.07, 6.45) is 11.3. The fraction of sp³-hybridized carbons (Fsp3) is 0.722. The van der Waals surface area contributed by atoms with E-state index < -0.39 is 11.9 Å². The van der Waals surface area contributed by atoms with Crippen LogP contribution in [-0.4, -0.2) is 56.5 Å². The summed E-state index contributed by atoms with van der Waals surface area (Å²) in [5, 5.41) is 19.6. The molecule has 1 aliphatic rings. The molecule has 0 aromatic carbocycles. The monoisotopic (exact) mass is 353 g/mol. The van der Waals surface area contributed by atoms with Crippen molar-refractivity contribution < 1.29 is 19.8 Å². The van der Waals surface area contributed by atoms with Gasteiger partial charge in [0.25, 0.3) is 0 Å². The molecule has 25 heavy (non-hydrogen) atoms. The van der Waals surface area contributed by atoms with Crippen LogP contribution in [0.2, 0.25) is 0 Å². The molecule has 0 amide bonds. The van der Waals surface area contributed by atoms with Crippen LogP contribution < -0.4 is 0 Å². The number of carboxylic acids is 2. The number of rotatable bonds is 7. The van der Waals surface area contributed by atoms with E-state index in [-0.39, 0.29) is 0 Å². The zero-order valence-electron chi connectivity index (χ0n) is 15.4. The maximum atomic E-state index is 9.10. The number of hydrogen-bond donors (Lipinski definition) is 2. The number of hydrogen-bond acceptors (Lipinski definition) is 4. The molecular weight excluding hydrogens is 322 g/mol. The Hall–Kier alpha value is -1.89. The van der Waals surface area contributed by atoms with Crippen LogP contribution >= 0.6 is 0 Å². The lowest BCUT2D eigenvalue weighted by molar-refractivity contribution is -0.159. The van der Waals surface area contributed by atoms with E-state index in [1.165, 1.54) is 50.8 Å². The molecule has 1 fully saturated rings. The van der Waals surface area contributed by atoms with E-state index in [1.54, 1.807) is 0 Å². The molecule has 2 N–H and O–H groups in total. The molecule has 0 aliphatic heterocycles. The Kier molecular flexibility index (Phi) is 9.84. The van der Waals surface area contributed by atoms with E-state index in [1.807, 2.05) is 0 Å². The second-order valence-corrected chi connectivity index (χ2v) is 6.32. The van der Waals surface area contributed by atoms with Crippen LogP contribution in [0.15, 0.2) is 12.3 Å². The van der Waals surface area contributed by atoms with Crippen LogP contribution in [0, 0.1) is 0 Å². The Labute approximate surface area is 149 Å². The highest BCUT2D eigenvalue weighted by atomic mass is 16.4. The molecule has 1 heterocycles. The summed E-state index contributed by atoms with van der Waals surface area (Å²) < 4.78 is 2.23. The molecular formula is C18H31N3O4. The van der Waals surface area contributed by atoms with Gasteiger partial charge in [0.05, 0.1) is 11.7 Å². The topological polar surface area (TPSA) is 95.7 Å². The molecule has 1 aliphatic carbocycles. The Morgan fingerprint density at radius 1 is 1.16 bits per heavy atom. The molecule has 0 unspecified atom stereocenters. The Morgan fingerprint density at radius 3 is 2.28 bits per heavy atom. The smallest absolute Gasteiger partial charge is 0.414 e. The van der Waals surface area contributed by atoms with Crippen LogP contribution in [-0.2, 0) is 16.0 Å². The van der Waals surface area contributed by atoms with Gasteiger partial charge in [-0.1, -0.05) is 33.1 Å². The van der Waals surface area contributed by atoms with Crippen LogP contribution in [0.3, 0.4) is 0 Å². The van der Waals surface area contributed by atoms with Crippen molar-refractivity contribution in [3.05, 3.63) is 18.0 Å². The number of aliphatic carboxylic acids is 2. The average Bonchev–Trinajstić information content (AvgIpc) is 3.09. The number of aryl methyl sites for hydroxylation is 1. The molecule has 142 valence electrons. The van der Waals surface area contributed by atoms with Crippen LogP contribution in [0.25, 0.3) is 0 Å². The lowest BCUT2D eigenvalue weighted by atomic mass is 9.96. The zero-order chi connectivity index (χ0) is 18.7. The standard InChI is InChI=1S/C16H29N3.C2H2O4/c1-3-18(4-2)13-8-9-15-12-14-19(17-15)16-10-6-5-7-11-16;3-1(4)2(5)6/h12,14,16H,3-11,13H2,1-2H3;(H,3,4)(H,5,6). The third-order valence-corrected chi connectivity index (χ3v) is 4.60. The summed E-state index contributed by atoms with van der Waals surface area (Å²) in [6.45, 7) is 7.99. The Morgan fingerprint density at radius 2 is 1.76 bits per heavy atom. The first-order valence-corrected chi connectivity index (χ1v) is 9.20. The fourth-order valence-corrected chi connectivity index (χ4v) is 3.08. The first kappa shape index (κ1) is 21.2. The van der Waals surface area contributed by atoms with Gasteiger partial charge in [0.15, 0.2) is 0 Å². The third kappa shape index (κ3) is 8.16. The van der Waals surface area contributed by atoms with E-state index in [9.17, 15) is 0 Å². The molecule has 0 spiro atoms. The van der Waals surface area contributed by atoms with Crippen molar-refractivity contribution in [1.29, 1.82) is 0 Å². The highest BCUT2D eigenvalue weighted by Crippen LogP contribution is 2.27. The average molecular weight is 353 g/mol. The summed E-state index contributed by atoms with van der Waals surface area (Å²) in [4.78, 5) is 20.7. The summed E-state index contributed by atoms with van der Waals surface area (Å²) in [5.41, 5.74) is 1.28. The first-order valence-electron chi connectivity index (χ1n) is 9.20. The van der Waals surface area contributed by atoms with E-state index in [0.717, 1.165) is 19.5 Å². The van der Waals surface area contributed by atoms with Gasteiger partial charge in [0.1, 0.15) is 0 Å². The van der Waals surface area contributed by atoms with Crippen molar-refractivity contribution in [3.8, 4) is 0 Å². The van der Waals surface area contributed by atoms with Crippen molar-refractivity contribution in [2.45, 2.75) is 64.8 Å². The van der Waals surface area contributed by atoms with Gasteiger partial charge >= 0.3 is 11.9 Å². The van der Waals surface area contributed by atoms with Crippen LogP contribution in [0.4, 0.5) is 0 Å². The number of nitrogens with zero attached hydrogens (tertiary/aromatic N) is 3. The van der Waals surface area contributed by atoms with Crippen molar-refractivity contribution >= 4 is 11.9 Å². The predicted octanol–water partition coefficient (Wildman–Crippen LogP) is 2.82. The minimum Gasteiger partial charge on any atom is -0.473 e. The quantitative estimate of drug-likeness (QED) is 0.732. The van der Waals surface area contributed by atoms with Crippen LogP contribution in [0.5, 0.6) is 0 Å². The van der Waals surface area contributed by atoms with Crippen molar-refractivity contribution in [3.63, 3.8) is 0 Å². The highest BCUT2D eigenvalue weighted by Gasteiger charge is 2.15. The van der Waals surface area contributed by atoms with Crippen molar-refractivity contribution in [2.75, 3.05) is 19.6 Å². The molecule has 1 aromatic rings. The lowest BCUT2D eigenvalue weighted by Gasteiger charge is -2.21. The van der Waals surface area contributed by atoms with Crippen LogP contribution in [0.1, 0.15) is 64.1 Å². The van der Waals surface area contributed by atoms with Gasteiger partial charge in [-0.15, -0.1) is 0 Å². The van der Waals surface area contributed by atoms with Gasteiger partial charge < -0.3 is 15.1 Å². The Balaban J connectivity index is 0.000000450. The highest BCUT2D eigenvalue weighted by molar-refractivity contribution is 6.27. The van der Waals surface area contributed by atoms with E-state index >= 15 is 0 Å². The maximum Gasteiger partial charge on any atom is 0.414 e.